The van der Waals surface area contributed by atoms with Gasteiger partial charge in [-0.05, 0) is 31.6 Å². The predicted octanol–water partition coefficient (Wildman–Crippen LogP) is 20.1. The van der Waals surface area contributed by atoms with Crippen molar-refractivity contribution in [2.24, 2.45) is 5.92 Å². The molecule has 0 saturated heterocycles. The average Bonchev–Trinajstić information content (AvgIpc) is 3.68. The Morgan fingerprint density at radius 1 is 0.303 bits per heavy atom. The number of hydrogen-bond donors (Lipinski definition) is 3. The fourth-order valence-electron chi connectivity index (χ4n) is 10.6. The van der Waals surface area contributed by atoms with Crippen molar-refractivity contribution < 1.29 is 80.2 Å². The molecule has 0 aromatic rings. The zero-order valence-corrected chi connectivity index (χ0v) is 59.4. The number of carbonyl (C=O) groups excluding carboxylic acids is 4. The van der Waals surface area contributed by atoms with Crippen molar-refractivity contribution >= 4 is 39.5 Å². The number of unbranched alkanes of at least 4 members (excludes halogenated alkanes) is 42. The normalized spacial score (nSPS) is 14.1. The molecule has 89 heavy (non-hydrogen) atoms. The minimum Gasteiger partial charge on any atom is -0.462 e. The molecule has 17 nitrogen and oxygen atoms in total. The number of hydrogen-bond acceptors (Lipinski definition) is 15. The van der Waals surface area contributed by atoms with E-state index in [0.29, 0.717) is 25.7 Å². The Bertz CT molecular complexity index is 1720. The molecule has 19 heteroatoms. The van der Waals surface area contributed by atoms with Crippen molar-refractivity contribution in [3.05, 3.63) is 0 Å². The van der Waals surface area contributed by atoms with Gasteiger partial charge in [0.1, 0.15) is 19.3 Å². The maximum absolute atomic E-state index is 13.0. The molecule has 0 fully saturated rings. The Labute approximate surface area is 543 Å². The first kappa shape index (κ1) is 87.1. The van der Waals surface area contributed by atoms with Crippen LogP contribution in [0, 0.1) is 5.92 Å². The van der Waals surface area contributed by atoms with Gasteiger partial charge in [0.15, 0.2) is 12.2 Å². The van der Waals surface area contributed by atoms with E-state index in [-0.39, 0.29) is 25.7 Å². The molecular weight excluding hydrogens is 1170 g/mol. The summed E-state index contributed by atoms with van der Waals surface area (Å²) in [6.07, 6.45) is 50.2. The number of esters is 4. The minimum absolute atomic E-state index is 0.107. The Morgan fingerprint density at radius 3 is 0.764 bits per heavy atom. The fourth-order valence-corrected chi connectivity index (χ4v) is 12.2. The molecule has 0 spiro atoms. The van der Waals surface area contributed by atoms with Crippen molar-refractivity contribution in [3.63, 3.8) is 0 Å². The highest BCUT2D eigenvalue weighted by atomic mass is 31.2. The lowest BCUT2D eigenvalue weighted by atomic mass is 10.0. The zero-order valence-electron chi connectivity index (χ0n) is 57.6. The molecule has 0 rings (SSSR count). The van der Waals surface area contributed by atoms with E-state index in [4.69, 9.17) is 37.0 Å². The van der Waals surface area contributed by atoms with Gasteiger partial charge in [-0.15, -0.1) is 0 Å². The highest BCUT2D eigenvalue weighted by Gasteiger charge is 2.30. The van der Waals surface area contributed by atoms with Crippen LogP contribution in [0.3, 0.4) is 0 Å². The van der Waals surface area contributed by atoms with Gasteiger partial charge in [0.05, 0.1) is 26.4 Å². The molecule has 0 amide bonds. The highest BCUT2D eigenvalue weighted by molar-refractivity contribution is 7.47. The lowest BCUT2D eigenvalue weighted by Crippen LogP contribution is -2.30. The van der Waals surface area contributed by atoms with Gasteiger partial charge in [-0.3, -0.25) is 37.3 Å². The summed E-state index contributed by atoms with van der Waals surface area (Å²) in [5.74, 6) is -1.33. The van der Waals surface area contributed by atoms with Crippen molar-refractivity contribution in [2.75, 3.05) is 39.6 Å². The van der Waals surface area contributed by atoms with Crippen LogP contribution in [0.25, 0.3) is 0 Å². The molecule has 0 aliphatic carbocycles. The van der Waals surface area contributed by atoms with Gasteiger partial charge in [0, 0.05) is 25.7 Å². The summed E-state index contributed by atoms with van der Waals surface area (Å²) in [4.78, 5) is 72.3. The summed E-state index contributed by atoms with van der Waals surface area (Å²) in [5.41, 5.74) is 0. The first-order valence-corrected chi connectivity index (χ1v) is 39.6. The van der Waals surface area contributed by atoms with E-state index >= 15 is 0 Å². The SMILES string of the molecule is CCCCCCCCCCCCCCCC(=O)OC[C@H](COP(=O)(O)OC[C@@H](O)COP(=O)(O)OC[C@@H](COC(=O)CCCCCCC)OC(=O)CCCCCCCCCCCCCCC)OC(=O)CCCCCCCCCCCCCCCCCC(C)C. The summed E-state index contributed by atoms with van der Waals surface area (Å²) < 4.78 is 68.1. The van der Waals surface area contributed by atoms with Gasteiger partial charge >= 0.3 is 39.5 Å². The smallest absolute Gasteiger partial charge is 0.462 e. The van der Waals surface area contributed by atoms with E-state index in [0.717, 1.165) is 102 Å². The molecule has 0 aromatic carbocycles. The number of aliphatic hydroxyl groups excluding tert-OH is 1. The van der Waals surface area contributed by atoms with E-state index < -0.39 is 97.5 Å². The zero-order chi connectivity index (χ0) is 65.6. The first-order chi connectivity index (χ1) is 43.0. The maximum Gasteiger partial charge on any atom is 0.472 e. The Kier molecular flexibility index (Phi) is 62.1. The standard InChI is InChI=1S/C70H136O17P2/c1-6-9-12-15-17-19-21-26-31-35-39-44-49-54-68(73)81-60-66(87-70(75)56-51-46-41-37-33-29-25-23-24-28-30-34-38-43-47-52-63(4)5)62-85-89(78,79)83-58-64(71)57-82-88(76,77)84-61-65(59-80-67(72)53-48-42-14-11-8-3)86-69(74)55-50-45-40-36-32-27-22-20-18-16-13-10-7-2/h63-66,71H,6-62H2,1-5H3,(H,76,77)(H,78,79)/t64-,65+,66+/m0/s1. The minimum atomic E-state index is -4.95. The van der Waals surface area contributed by atoms with Crippen LogP contribution < -0.4 is 0 Å². The van der Waals surface area contributed by atoms with Gasteiger partial charge in [0.2, 0.25) is 0 Å². The third-order valence-electron chi connectivity index (χ3n) is 16.3. The summed E-state index contributed by atoms with van der Waals surface area (Å²) in [5, 5.41) is 10.6. The van der Waals surface area contributed by atoms with Crippen LogP contribution in [0.5, 0.6) is 0 Å². The van der Waals surface area contributed by atoms with Gasteiger partial charge < -0.3 is 33.8 Å². The number of phosphoric acid groups is 2. The molecule has 0 bridgehead atoms. The molecule has 0 aromatic heterocycles. The van der Waals surface area contributed by atoms with E-state index in [9.17, 15) is 43.2 Å². The Hall–Kier alpha value is -1.94. The maximum atomic E-state index is 13.0. The molecule has 5 atom stereocenters. The second-order valence-electron chi connectivity index (χ2n) is 25.7. The first-order valence-electron chi connectivity index (χ1n) is 36.6. The van der Waals surface area contributed by atoms with Crippen molar-refractivity contribution in [1.82, 2.24) is 0 Å². The van der Waals surface area contributed by atoms with Crippen molar-refractivity contribution in [1.29, 1.82) is 0 Å². The topological polar surface area (TPSA) is 237 Å². The molecule has 0 aliphatic rings. The van der Waals surface area contributed by atoms with E-state index in [1.54, 1.807) is 0 Å². The van der Waals surface area contributed by atoms with Crippen molar-refractivity contribution in [3.8, 4) is 0 Å². The molecule has 2 unspecified atom stereocenters. The largest absolute Gasteiger partial charge is 0.472 e. The van der Waals surface area contributed by atoms with Crippen LogP contribution >= 0.6 is 15.6 Å². The third-order valence-corrected chi connectivity index (χ3v) is 18.2. The Balaban J connectivity index is 5.14. The predicted molar refractivity (Wildman–Crippen MR) is 358 cm³/mol. The third kappa shape index (κ3) is 64.6. The molecule has 0 aliphatic heterocycles. The van der Waals surface area contributed by atoms with E-state index in [1.807, 2.05) is 0 Å². The number of rotatable bonds is 70. The van der Waals surface area contributed by atoms with Crippen LogP contribution in [0.1, 0.15) is 362 Å². The number of phosphoric ester groups is 2. The van der Waals surface area contributed by atoms with Crippen LogP contribution in [0.15, 0.2) is 0 Å². The Morgan fingerprint density at radius 2 is 0.517 bits per heavy atom. The molecular formula is C70H136O17P2. The summed E-state index contributed by atoms with van der Waals surface area (Å²) in [6.45, 7) is 7.19. The summed E-state index contributed by atoms with van der Waals surface area (Å²) >= 11 is 0. The molecule has 0 heterocycles. The monoisotopic (exact) mass is 1310 g/mol. The van der Waals surface area contributed by atoms with Gasteiger partial charge in [-0.25, -0.2) is 9.13 Å². The lowest BCUT2D eigenvalue weighted by molar-refractivity contribution is -0.161. The highest BCUT2D eigenvalue weighted by Crippen LogP contribution is 2.45. The van der Waals surface area contributed by atoms with Crippen LogP contribution in [0.4, 0.5) is 0 Å². The number of ether oxygens (including phenoxy) is 4. The van der Waals surface area contributed by atoms with E-state index in [2.05, 4.69) is 34.6 Å². The average molecular weight is 1310 g/mol. The van der Waals surface area contributed by atoms with E-state index in [1.165, 1.54) is 180 Å². The second kappa shape index (κ2) is 63.5. The van der Waals surface area contributed by atoms with Gasteiger partial charge in [-0.1, -0.05) is 311 Å². The number of aliphatic hydroxyl groups is 1. The summed E-state index contributed by atoms with van der Waals surface area (Å²) in [7, 11) is -9.89. The summed E-state index contributed by atoms with van der Waals surface area (Å²) in [6, 6.07) is 0. The molecule has 3 N–H and O–H groups in total. The van der Waals surface area contributed by atoms with Crippen LogP contribution in [-0.4, -0.2) is 96.7 Å². The van der Waals surface area contributed by atoms with Crippen LogP contribution in [-0.2, 0) is 65.4 Å². The molecule has 0 saturated carbocycles. The van der Waals surface area contributed by atoms with Gasteiger partial charge in [-0.2, -0.15) is 0 Å². The molecule has 0 radical (unpaired) electrons. The number of carbonyl (C=O) groups is 4. The van der Waals surface area contributed by atoms with Crippen molar-refractivity contribution in [2.45, 2.75) is 380 Å². The lowest BCUT2D eigenvalue weighted by Gasteiger charge is -2.21. The van der Waals surface area contributed by atoms with Gasteiger partial charge in [0.25, 0.3) is 0 Å². The second-order valence-corrected chi connectivity index (χ2v) is 28.7. The fraction of sp³-hybridized carbons (Fsp3) is 0.943. The quantitative estimate of drug-likeness (QED) is 0.0222. The molecule has 528 valence electrons. The van der Waals surface area contributed by atoms with Crippen LogP contribution in [0.2, 0.25) is 0 Å².